The molecule has 1 aliphatic rings. The standard InChI is InChI=1S/C27H29F3N4O5S/c1-15(35)39-13-16-9-17(11-18(10-16)33-23-31-8-5-20(34-23)27(28,29)30)19-12-32-21(40-19)26(38)7-6-25(4,22(36)37)24(2,3)14-26/h5,8-12,38H,6-7,13-14H2,1-4H3,(H,36,37)(H,31,33,34)/t25-,26-/m1/s1. The van der Waals surface area contributed by atoms with E-state index in [1.165, 1.54) is 18.3 Å². The van der Waals surface area contributed by atoms with E-state index in [1.54, 1.807) is 31.3 Å². The molecule has 0 aliphatic heterocycles. The van der Waals surface area contributed by atoms with Gasteiger partial charge in [-0.05, 0) is 67.0 Å². The minimum atomic E-state index is -4.64. The number of ether oxygens (including phenoxy) is 1. The number of nitrogens with zero attached hydrogens (tertiary/aromatic N) is 3. The van der Waals surface area contributed by atoms with Crippen LogP contribution in [0.1, 0.15) is 63.2 Å². The lowest BCUT2D eigenvalue weighted by molar-refractivity contribution is -0.170. The van der Waals surface area contributed by atoms with Crippen LogP contribution in [0.3, 0.4) is 0 Å². The number of carbonyl (C=O) groups is 2. The molecule has 13 heteroatoms. The van der Waals surface area contributed by atoms with Crippen molar-refractivity contribution in [1.82, 2.24) is 15.0 Å². The normalized spacial score (nSPS) is 22.5. The Labute approximate surface area is 232 Å². The maximum atomic E-state index is 13.1. The summed E-state index contributed by atoms with van der Waals surface area (Å²) in [4.78, 5) is 35.9. The number of anilines is 2. The Kier molecular flexibility index (Phi) is 7.67. The number of hydrogen-bond acceptors (Lipinski definition) is 9. The van der Waals surface area contributed by atoms with Gasteiger partial charge in [0.2, 0.25) is 5.95 Å². The van der Waals surface area contributed by atoms with E-state index in [1.807, 2.05) is 13.8 Å². The molecule has 3 N–H and O–H groups in total. The van der Waals surface area contributed by atoms with Gasteiger partial charge in [0.25, 0.3) is 0 Å². The number of alkyl halides is 3. The molecule has 2 atom stereocenters. The zero-order chi connectivity index (χ0) is 29.5. The van der Waals surface area contributed by atoms with Gasteiger partial charge in [0, 0.05) is 25.0 Å². The summed E-state index contributed by atoms with van der Waals surface area (Å²) in [6.07, 6.45) is -1.38. The van der Waals surface area contributed by atoms with Crippen molar-refractivity contribution in [3.05, 3.63) is 52.9 Å². The van der Waals surface area contributed by atoms with Crippen molar-refractivity contribution in [2.45, 2.75) is 65.3 Å². The average molecular weight is 579 g/mol. The topological polar surface area (TPSA) is 135 Å². The fraction of sp³-hybridized carbons (Fsp3) is 0.444. The molecule has 1 fully saturated rings. The van der Waals surface area contributed by atoms with Crippen molar-refractivity contribution in [1.29, 1.82) is 0 Å². The number of halogens is 3. The van der Waals surface area contributed by atoms with Gasteiger partial charge >= 0.3 is 18.1 Å². The van der Waals surface area contributed by atoms with Gasteiger partial charge in [0.15, 0.2) is 0 Å². The molecule has 0 unspecified atom stereocenters. The molecule has 1 aromatic carbocycles. The van der Waals surface area contributed by atoms with Crippen LogP contribution in [0.25, 0.3) is 10.4 Å². The largest absolute Gasteiger partial charge is 0.481 e. The molecule has 214 valence electrons. The molecule has 2 heterocycles. The van der Waals surface area contributed by atoms with Crippen LogP contribution in [-0.4, -0.2) is 37.1 Å². The quantitative estimate of drug-likeness (QED) is 0.292. The highest BCUT2D eigenvalue weighted by Gasteiger charge is 2.56. The third-order valence-electron chi connectivity index (χ3n) is 7.56. The molecular formula is C27H29F3N4O5S. The van der Waals surface area contributed by atoms with E-state index < -0.39 is 40.2 Å². The van der Waals surface area contributed by atoms with Crippen LogP contribution in [0.2, 0.25) is 0 Å². The van der Waals surface area contributed by atoms with Gasteiger partial charge < -0.3 is 20.3 Å². The Hall–Kier alpha value is -3.58. The van der Waals surface area contributed by atoms with Crippen LogP contribution in [0, 0.1) is 10.8 Å². The van der Waals surface area contributed by atoms with E-state index in [0.717, 1.165) is 12.3 Å². The highest BCUT2D eigenvalue weighted by atomic mass is 32.1. The molecular weight excluding hydrogens is 549 g/mol. The van der Waals surface area contributed by atoms with Gasteiger partial charge in [-0.3, -0.25) is 9.59 Å². The van der Waals surface area contributed by atoms with Crippen molar-refractivity contribution in [2.75, 3.05) is 5.32 Å². The van der Waals surface area contributed by atoms with Crippen LogP contribution in [0.5, 0.6) is 0 Å². The van der Waals surface area contributed by atoms with Gasteiger partial charge in [-0.2, -0.15) is 13.2 Å². The Morgan fingerprint density at radius 2 is 1.88 bits per heavy atom. The fourth-order valence-electron chi connectivity index (χ4n) is 4.89. The number of nitrogens with one attached hydrogen (secondary N) is 1. The molecule has 3 aromatic rings. The molecule has 0 saturated heterocycles. The van der Waals surface area contributed by atoms with Crippen LogP contribution in [0.4, 0.5) is 24.8 Å². The molecule has 4 rings (SSSR count). The van der Waals surface area contributed by atoms with Gasteiger partial charge in [-0.15, -0.1) is 11.3 Å². The van der Waals surface area contributed by atoms with E-state index in [2.05, 4.69) is 20.3 Å². The van der Waals surface area contributed by atoms with E-state index in [-0.39, 0.29) is 31.8 Å². The van der Waals surface area contributed by atoms with E-state index >= 15 is 0 Å². The lowest BCUT2D eigenvalue weighted by Gasteiger charge is -2.50. The van der Waals surface area contributed by atoms with E-state index in [4.69, 9.17) is 4.74 Å². The molecule has 0 amide bonds. The number of benzene rings is 1. The number of aromatic nitrogens is 3. The van der Waals surface area contributed by atoms with Gasteiger partial charge in [0.1, 0.15) is 22.9 Å². The SMILES string of the molecule is CC(=O)OCc1cc(Nc2nccc(C(F)(F)F)n2)cc(-c2cnc([C@@]3(O)CC[C@](C)(C(=O)O)C(C)(C)C3)s2)c1. The van der Waals surface area contributed by atoms with Gasteiger partial charge in [-0.25, -0.2) is 15.0 Å². The highest BCUT2D eigenvalue weighted by molar-refractivity contribution is 7.15. The van der Waals surface area contributed by atoms with Crippen molar-refractivity contribution >= 4 is 34.9 Å². The lowest BCUT2D eigenvalue weighted by Crippen LogP contribution is -2.51. The average Bonchev–Trinajstić information content (AvgIpc) is 3.36. The second-order valence-electron chi connectivity index (χ2n) is 10.8. The lowest BCUT2D eigenvalue weighted by atomic mass is 9.55. The third-order valence-corrected chi connectivity index (χ3v) is 8.80. The first-order chi connectivity index (χ1) is 18.5. The molecule has 40 heavy (non-hydrogen) atoms. The van der Waals surface area contributed by atoms with Crippen molar-refractivity contribution < 1.29 is 37.7 Å². The Morgan fingerprint density at radius 1 is 1.15 bits per heavy atom. The smallest absolute Gasteiger partial charge is 0.433 e. The summed E-state index contributed by atoms with van der Waals surface area (Å²) >= 11 is 1.23. The Bertz CT molecular complexity index is 1440. The van der Waals surface area contributed by atoms with Crippen LogP contribution in [-0.2, 0) is 32.7 Å². The predicted molar refractivity (Wildman–Crippen MR) is 141 cm³/mol. The minimum absolute atomic E-state index is 0.0845. The number of carboxylic acid groups (broad SMARTS) is 1. The minimum Gasteiger partial charge on any atom is -0.481 e. The maximum Gasteiger partial charge on any atom is 0.433 e. The van der Waals surface area contributed by atoms with Crippen LogP contribution < -0.4 is 5.32 Å². The van der Waals surface area contributed by atoms with Gasteiger partial charge in [-0.1, -0.05) is 13.8 Å². The molecule has 2 aromatic heterocycles. The molecule has 0 radical (unpaired) electrons. The number of esters is 1. The number of aliphatic hydroxyl groups is 1. The van der Waals surface area contributed by atoms with E-state index in [9.17, 15) is 33.0 Å². The summed E-state index contributed by atoms with van der Waals surface area (Å²) in [5.74, 6) is -1.68. The summed E-state index contributed by atoms with van der Waals surface area (Å²) in [7, 11) is 0. The van der Waals surface area contributed by atoms with E-state index in [0.29, 0.717) is 26.7 Å². The monoisotopic (exact) mass is 578 g/mol. The first-order valence-electron chi connectivity index (χ1n) is 12.4. The molecule has 9 nitrogen and oxygen atoms in total. The summed E-state index contributed by atoms with van der Waals surface area (Å²) in [6, 6.07) is 5.77. The summed E-state index contributed by atoms with van der Waals surface area (Å²) < 4.78 is 44.5. The van der Waals surface area contributed by atoms with Gasteiger partial charge in [0.05, 0.1) is 10.3 Å². The maximum absolute atomic E-state index is 13.1. The number of rotatable bonds is 7. The molecule has 0 spiro atoms. The molecule has 0 bridgehead atoms. The number of carboxylic acids is 1. The zero-order valence-corrected chi connectivity index (χ0v) is 23.1. The third kappa shape index (κ3) is 5.94. The summed E-state index contributed by atoms with van der Waals surface area (Å²) in [5, 5.41) is 24.6. The van der Waals surface area contributed by atoms with Crippen molar-refractivity contribution in [3.8, 4) is 10.4 Å². The Balaban J connectivity index is 1.67. The Morgan fingerprint density at radius 3 is 2.50 bits per heavy atom. The molecule has 1 aliphatic carbocycles. The molecule has 1 saturated carbocycles. The first-order valence-corrected chi connectivity index (χ1v) is 13.2. The second-order valence-corrected chi connectivity index (χ2v) is 11.9. The first kappa shape index (κ1) is 29.4. The van der Waals surface area contributed by atoms with Crippen LogP contribution >= 0.6 is 11.3 Å². The number of thiazole rings is 1. The number of hydrogen-bond donors (Lipinski definition) is 3. The van der Waals surface area contributed by atoms with Crippen LogP contribution in [0.15, 0.2) is 36.7 Å². The van der Waals surface area contributed by atoms with Crippen molar-refractivity contribution in [3.63, 3.8) is 0 Å². The predicted octanol–water partition coefficient (Wildman–Crippen LogP) is 5.91. The summed E-state index contributed by atoms with van der Waals surface area (Å²) in [5.41, 5.74) is -2.65. The highest BCUT2D eigenvalue weighted by Crippen LogP contribution is 2.57. The summed E-state index contributed by atoms with van der Waals surface area (Å²) in [6.45, 7) is 6.52. The van der Waals surface area contributed by atoms with Crippen molar-refractivity contribution in [2.24, 2.45) is 10.8 Å². The number of carbonyl (C=O) groups excluding carboxylic acids is 1. The second kappa shape index (κ2) is 10.4. The zero-order valence-electron chi connectivity index (χ0n) is 22.3. The fourth-order valence-corrected chi connectivity index (χ4v) is 5.91. The number of aliphatic carboxylic acids is 1.